The fraction of sp³-hybridized carbons (Fsp3) is 1.00. The average Bonchev–Trinajstić information content (AvgIpc) is 2.29. The zero-order chi connectivity index (χ0) is 11.9. The Labute approximate surface area is 92.6 Å². The van der Waals surface area contributed by atoms with E-state index in [1.807, 2.05) is 6.92 Å². The van der Waals surface area contributed by atoms with Gasteiger partial charge in [0.15, 0.2) is 6.29 Å². The first kappa shape index (κ1) is 17.2. The van der Waals surface area contributed by atoms with Gasteiger partial charge in [0, 0.05) is 28.4 Å². The Morgan fingerprint density at radius 2 is 1.13 bits per heavy atom. The molecule has 0 aromatic carbocycles. The molecule has 94 valence electrons. The van der Waals surface area contributed by atoms with Crippen LogP contribution in [0.25, 0.3) is 0 Å². The Morgan fingerprint density at radius 3 is 1.33 bits per heavy atom. The van der Waals surface area contributed by atoms with Gasteiger partial charge in [-0.1, -0.05) is 0 Å². The number of rotatable bonds is 8. The van der Waals surface area contributed by atoms with Gasteiger partial charge in [0.1, 0.15) is 0 Å². The molecule has 0 fully saturated rings. The third kappa shape index (κ3) is 20.0. The van der Waals surface area contributed by atoms with Gasteiger partial charge in [0.05, 0.1) is 26.4 Å². The lowest BCUT2D eigenvalue weighted by Gasteiger charge is -2.03. The third-order valence-corrected chi connectivity index (χ3v) is 1.53. The van der Waals surface area contributed by atoms with Crippen molar-refractivity contribution < 1.29 is 23.7 Å². The molecule has 0 amide bonds. The average molecular weight is 224 g/mol. The van der Waals surface area contributed by atoms with Crippen molar-refractivity contribution in [3.8, 4) is 0 Å². The van der Waals surface area contributed by atoms with E-state index in [0.29, 0.717) is 26.4 Å². The molecule has 0 bridgehead atoms. The van der Waals surface area contributed by atoms with Crippen LogP contribution in [-0.4, -0.2) is 61.2 Å². The van der Waals surface area contributed by atoms with Crippen molar-refractivity contribution in [2.24, 2.45) is 0 Å². The maximum absolute atomic E-state index is 5.06. The van der Waals surface area contributed by atoms with Crippen LogP contribution in [0, 0.1) is 0 Å². The molecule has 0 aliphatic heterocycles. The van der Waals surface area contributed by atoms with Crippen molar-refractivity contribution in [3.63, 3.8) is 0 Å². The van der Waals surface area contributed by atoms with Crippen LogP contribution in [0.4, 0.5) is 0 Å². The van der Waals surface area contributed by atoms with Crippen LogP contribution in [0.1, 0.15) is 6.92 Å². The predicted molar refractivity (Wildman–Crippen MR) is 58.1 cm³/mol. The lowest BCUT2D eigenvalue weighted by Crippen LogP contribution is -2.06. The first-order valence-corrected chi connectivity index (χ1v) is 4.84. The molecule has 15 heavy (non-hydrogen) atoms. The molecule has 0 atom stereocenters. The lowest BCUT2D eigenvalue weighted by molar-refractivity contribution is -0.0877. The summed E-state index contributed by atoms with van der Waals surface area (Å²) in [7, 11) is 6.52. The molecule has 5 heteroatoms. The Bertz CT molecular complexity index is 89.8. The van der Waals surface area contributed by atoms with Crippen molar-refractivity contribution in [1.29, 1.82) is 0 Å². The molecule has 0 saturated carbocycles. The van der Waals surface area contributed by atoms with Crippen molar-refractivity contribution in [2.45, 2.75) is 13.2 Å². The summed E-state index contributed by atoms with van der Waals surface area (Å²) in [6.07, 6.45) is -0.0648. The minimum Gasteiger partial charge on any atom is -0.382 e. The SMILES string of the molecule is COC(C)OC.COCCOCCOC. The highest BCUT2D eigenvalue weighted by atomic mass is 16.7. The maximum Gasteiger partial charge on any atom is 0.154 e. The van der Waals surface area contributed by atoms with E-state index in [1.165, 1.54) is 0 Å². The summed E-state index contributed by atoms with van der Waals surface area (Å²) in [6.45, 7) is 4.45. The standard InChI is InChI=1S/C6H14O3.C4H10O2/c1-7-3-5-9-6-4-8-2;1-4(5-2)6-3/h3-6H2,1-2H3;4H,1-3H3. The molecule has 0 heterocycles. The van der Waals surface area contributed by atoms with E-state index < -0.39 is 0 Å². The zero-order valence-corrected chi connectivity index (χ0v) is 10.4. The van der Waals surface area contributed by atoms with Gasteiger partial charge >= 0.3 is 0 Å². The van der Waals surface area contributed by atoms with Crippen LogP contribution < -0.4 is 0 Å². The van der Waals surface area contributed by atoms with Crippen LogP contribution in [0.3, 0.4) is 0 Å². The summed E-state index contributed by atoms with van der Waals surface area (Å²) in [6, 6.07) is 0. The summed E-state index contributed by atoms with van der Waals surface area (Å²) < 4.78 is 23.9. The van der Waals surface area contributed by atoms with Crippen LogP contribution in [-0.2, 0) is 23.7 Å². The number of hydrogen-bond donors (Lipinski definition) is 0. The first-order chi connectivity index (χ1) is 7.22. The van der Waals surface area contributed by atoms with Crippen LogP contribution in [0.15, 0.2) is 0 Å². The van der Waals surface area contributed by atoms with Gasteiger partial charge in [-0.05, 0) is 6.92 Å². The predicted octanol–water partition coefficient (Wildman–Crippen LogP) is 0.921. The molecule has 0 radical (unpaired) electrons. The van der Waals surface area contributed by atoms with Crippen LogP contribution in [0.5, 0.6) is 0 Å². The summed E-state index contributed by atoms with van der Waals surface area (Å²) >= 11 is 0. The molecule has 0 rings (SSSR count). The number of hydrogen-bond acceptors (Lipinski definition) is 5. The van der Waals surface area contributed by atoms with Gasteiger partial charge < -0.3 is 23.7 Å². The van der Waals surface area contributed by atoms with Crippen molar-refractivity contribution in [1.82, 2.24) is 0 Å². The quantitative estimate of drug-likeness (QED) is 0.453. The van der Waals surface area contributed by atoms with Gasteiger partial charge in [-0.3, -0.25) is 0 Å². The van der Waals surface area contributed by atoms with Crippen molar-refractivity contribution in [2.75, 3.05) is 54.9 Å². The third-order valence-electron chi connectivity index (χ3n) is 1.53. The maximum atomic E-state index is 5.06. The molecule has 0 aliphatic carbocycles. The highest BCUT2D eigenvalue weighted by Gasteiger charge is 1.88. The zero-order valence-electron chi connectivity index (χ0n) is 10.4. The Hall–Kier alpha value is -0.200. The van der Waals surface area contributed by atoms with Gasteiger partial charge in [-0.2, -0.15) is 0 Å². The molecule has 0 aromatic rings. The Balaban J connectivity index is 0. The fourth-order valence-corrected chi connectivity index (χ4v) is 0.483. The van der Waals surface area contributed by atoms with Gasteiger partial charge in [-0.15, -0.1) is 0 Å². The first-order valence-electron chi connectivity index (χ1n) is 4.84. The second kappa shape index (κ2) is 16.2. The van der Waals surface area contributed by atoms with Crippen molar-refractivity contribution >= 4 is 0 Å². The fourth-order valence-electron chi connectivity index (χ4n) is 0.483. The van der Waals surface area contributed by atoms with Gasteiger partial charge in [-0.25, -0.2) is 0 Å². The van der Waals surface area contributed by atoms with E-state index in [1.54, 1.807) is 28.4 Å². The second-order valence-corrected chi connectivity index (χ2v) is 2.64. The number of methoxy groups -OCH3 is 4. The molecule has 0 aromatic heterocycles. The van der Waals surface area contributed by atoms with Crippen LogP contribution >= 0.6 is 0 Å². The minimum absolute atomic E-state index is 0.0648. The molecule has 5 nitrogen and oxygen atoms in total. The van der Waals surface area contributed by atoms with E-state index in [-0.39, 0.29) is 6.29 Å². The van der Waals surface area contributed by atoms with E-state index >= 15 is 0 Å². The Morgan fingerprint density at radius 1 is 0.733 bits per heavy atom. The minimum atomic E-state index is -0.0648. The summed E-state index contributed by atoms with van der Waals surface area (Å²) in [4.78, 5) is 0. The van der Waals surface area contributed by atoms with Gasteiger partial charge in [0.2, 0.25) is 0 Å². The molecule has 0 N–H and O–H groups in total. The lowest BCUT2D eigenvalue weighted by atomic mass is 10.7. The van der Waals surface area contributed by atoms with E-state index in [2.05, 4.69) is 9.47 Å². The molecular weight excluding hydrogens is 200 g/mol. The summed E-state index contributed by atoms with van der Waals surface area (Å²) in [5, 5.41) is 0. The van der Waals surface area contributed by atoms with E-state index in [4.69, 9.17) is 14.2 Å². The van der Waals surface area contributed by atoms with E-state index in [0.717, 1.165) is 0 Å². The summed E-state index contributed by atoms with van der Waals surface area (Å²) in [5.74, 6) is 0. The second-order valence-electron chi connectivity index (χ2n) is 2.64. The monoisotopic (exact) mass is 224 g/mol. The molecule has 0 aliphatic rings. The molecule has 0 spiro atoms. The topological polar surface area (TPSA) is 46.2 Å². The smallest absolute Gasteiger partial charge is 0.154 e. The largest absolute Gasteiger partial charge is 0.382 e. The summed E-state index contributed by atoms with van der Waals surface area (Å²) in [5.41, 5.74) is 0. The Kier molecular flexibility index (Phi) is 18.6. The van der Waals surface area contributed by atoms with Crippen LogP contribution in [0.2, 0.25) is 0 Å². The molecular formula is C10H24O5. The van der Waals surface area contributed by atoms with E-state index in [9.17, 15) is 0 Å². The number of ether oxygens (including phenoxy) is 5. The highest BCUT2D eigenvalue weighted by molar-refractivity contribution is 4.28. The highest BCUT2D eigenvalue weighted by Crippen LogP contribution is 1.83. The van der Waals surface area contributed by atoms with Crippen molar-refractivity contribution in [3.05, 3.63) is 0 Å². The molecule has 0 saturated heterocycles. The normalized spacial score (nSPS) is 10.0. The molecule has 0 unspecified atom stereocenters. The van der Waals surface area contributed by atoms with Gasteiger partial charge in [0.25, 0.3) is 0 Å².